The van der Waals surface area contributed by atoms with Crippen LogP contribution in [0.2, 0.25) is 0 Å². The molecule has 0 aromatic rings. The summed E-state index contributed by atoms with van der Waals surface area (Å²) in [7, 11) is 0. The minimum absolute atomic E-state index is 0.120. The fourth-order valence-electron chi connectivity index (χ4n) is 1.43. The zero-order valence-corrected chi connectivity index (χ0v) is 8.27. The van der Waals surface area contributed by atoms with Gasteiger partial charge in [0.15, 0.2) is 0 Å². The van der Waals surface area contributed by atoms with Gasteiger partial charge < -0.3 is 15.4 Å². The van der Waals surface area contributed by atoms with Crippen molar-refractivity contribution in [2.24, 2.45) is 5.73 Å². The highest BCUT2D eigenvalue weighted by atomic mass is 16.5. The Labute approximate surface area is 87.8 Å². The summed E-state index contributed by atoms with van der Waals surface area (Å²) in [6.45, 7) is 0.352. The normalized spacial score (nSPS) is 24.2. The van der Waals surface area contributed by atoms with E-state index < -0.39 is 5.54 Å². The Morgan fingerprint density at radius 3 is 2.47 bits per heavy atom. The maximum atomic E-state index is 11.9. The Hall–Kier alpha value is -1.63. The second kappa shape index (κ2) is 4.74. The van der Waals surface area contributed by atoms with Gasteiger partial charge in [-0.2, -0.15) is 10.5 Å². The van der Waals surface area contributed by atoms with E-state index >= 15 is 0 Å². The minimum atomic E-state index is -1.06. The first-order chi connectivity index (χ1) is 7.14. The number of amides is 1. The van der Waals surface area contributed by atoms with E-state index in [2.05, 4.69) is 0 Å². The van der Waals surface area contributed by atoms with Crippen LogP contribution in [-0.2, 0) is 9.53 Å². The lowest BCUT2D eigenvalue weighted by Crippen LogP contribution is -2.56. The molecule has 80 valence electrons. The third-order valence-electron chi connectivity index (χ3n) is 2.29. The summed E-state index contributed by atoms with van der Waals surface area (Å²) in [5.41, 5.74) is 4.77. The Balaban J connectivity index is 2.72. The van der Waals surface area contributed by atoms with Gasteiger partial charge in [-0.05, 0) is 6.42 Å². The molecule has 6 nitrogen and oxygen atoms in total. The molecule has 0 aromatic carbocycles. The van der Waals surface area contributed by atoms with E-state index in [1.54, 1.807) is 0 Å². The number of carbonyl (C=O) groups excluding carboxylic acids is 1. The monoisotopic (exact) mass is 208 g/mol. The van der Waals surface area contributed by atoms with Gasteiger partial charge in [0.1, 0.15) is 18.6 Å². The van der Waals surface area contributed by atoms with Crippen molar-refractivity contribution in [2.75, 3.05) is 26.3 Å². The van der Waals surface area contributed by atoms with Crippen LogP contribution >= 0.6 is 0 Å². The van der Waals surface area contributed by atoms with Crippen LogP contribution in [0.25, 0.3) is 0 Å². The van der Waals surface area contributed by atoms with E-state index in [0.717, 1.165) is 4.90 Å². The molecule has 1 amide bonds. The van der Waals surface area contributed by atoms with Crippen molar-refractivity contribution in [1.82, 2.24) is 4.90 Å². The highest BCUT2D eigenvalue weighted by molar-refractivity contribution is 5.87. The zero-order chi connectivity index (χ0) is 11.3. The molecule has 2 N–H and O–H groups in total. The molecule has 1 fully saturated rings. The fraction of sp³-hybridized carbons (Fsp3) is 0.667. The Morgan fingerprint density at radius 1 is 1.47 bits per heavy atom. The van der Waals surface area contributed by atoms with Gasteiger partial charge in [0.05, 0.1) is 18.7 Å². The summed E-state index contributed by atoms with van der Waals surface area (Å²) in [6.07, 6.45) is 0.430. The Morgan fingerprint density at radius 2 is 2.07 bits per heavy atom. The molecule has 1 aliphatic rings. The number of carbonyl (C=O) groups is 1. The SMILES string of the molecule is N#CCN(CC#N)C(=O)C1(N)CCOC1. The lowest BCUT2D eigenvalue weighted by molar-refractivity contribution is -0.135. The van der Waals surface area contributed by atoms with E-state index in [4.69, 9.17) is 21.0 Å². The number of hydrogen-bond acceptors (Lipinski definition) is 5. The van der Waals surface area contributed by atoms with Gasteiger partial charge in [0.25, 0.3) is 0 Å². The standard InChI is InChI=1S/C9H12N4O2/c10-2-4-13(5-3-11)8(14)9(12)1-6-15-7-9/h1,4-7,12H2. The number of rotatable bonds is 3. The maximum Gasteiger partial charge on any atom is 0.246 e. The molecule has 0 spiro atoms. The van der Waals surface area contributed by atoms with E-state index in [1.165, 1.54) is 0 Å². The summed E-state index contributed by atoms with van der Waals surface area (Å²) in [5.74, 6) is -0.386. The van der Waals surface area contributed by atoms with Crippen molar-refractivity contribution in [3.8, 4) is 12.1 Å². The van der Waals surface area contributed by atoms with Gasteiger partial charge in [-0.1, -0.05) is 0 Å². The first-order valence-electron chi connectivity index (χ1n) is 4.54. The Kier molecular flexibility index (Phi) is 3.62. The fourth-order valence-corrected chi connectivity index (χ4v) is 1.43. The van der Waals surface area contributed by atoms with Crippen LogP contribution in [0, 0.1) is 22.7 Å². The molecule has 0 aliphatic carbocycles. The summed E-state index contributed by atoms with van der Waals surface area (Å²) in [5, 5.41) is 17.0. The summed E-state index contributed by atoms with van der Waals surface area (Å²) < 4.78 is 5.05. The molecule has 1 aliphatic heterocycles. The van der Waals surface area contributed by atoms with Gasteiger partial charge in [-0.15, -0.1) is 0 Å². The molecule has 0 bridgehead atoms. The van der Waals surface area contributed by atoms with Crippen LogP contribution in [0.3, 0.4) is 0 Å². The van der Waals surface area contributed by atoms with Gasteiger partial charge in [-0.25, -0.2) is 0 Å². The summed E-state index contributed by atoms with van der Waals surface area (Å²) >= 11 is 0. The molecule has 0 radical (unpaired) electrons. The molecular weight excluding hydrogens is 196 g/mol. The average molecular weight is 208 g/mol. The quantitative estimate of drug-likeness (QED) is 0.598. The smallest absolute Gasteiger partial charge is 0.246 e. The van der Waals surface area contributed by atoms with Gasteiger partial charge >= 0.3 is 0 Å². The van der Waals surface area contributed by atoms with Gasteiger partial charge in [0, 0.05) is 6.61 Å². The molecule has 0 saturated carbocycles. The summed E-state index contributed by atoms with van der Waals surface area (Å²) in [4.78, 5) is 13.0. The maximum absolute atomic E-state index is 11.9. The van der Waals surface area contributed by atoms with Crippen molar-refractivity contribution < 1.29 is 9.53 Å². The molecule has 1 atom stereocenters. The lowest BCUT2D eigenvalue weighted by atomic mass is 9.98. The predicted octanol–water partition coefficient (Wildman–Crippen LogP) is -1.02. The van der Waals surface area contributed by atoms with Crippen LogP contribution in [0.5, 0.6) is 0 Å². The number of nitriles is 2. The highest BCUT2D eigenvalue weighted by Gasteiger charge is 2.40. The average Bonchev–Trinajstić information content (AvgIpc) is 2.65. The van der Waals surface area contributed by atoms with Crippen molar-refractivity contribution in [1.29, 1.82) is 10.5 Å². The molecule has 1 saturated heterocycles. The first kappa shape index (κ1) is 11.4. The molecular formula is C9H12N4O2. The van der Waals surface area contributed by atoms with Crippen molar-refractivity contribution >= 4 is 5.91 Å². The van der Waals surface area contributed by atoms with Crippen molar-refractivity contribution in [2.45, 2.75) is 12.0 Å². The number of nitrogens with two attached hydrogens (primary N) is 1. The topological polar surface area (TPSA) is 103 Å². The third-order valence-corrected chi connectivity index (χ3v) is 2.29. The van der Waals surface area contributed by atoms with E-state index in [1.807, 2.05) is 12.1 Å². The molecule has 1 unspecified atom stereocenters. The number of nitrogens with zero attached hydrogens (tertiary/aromatic N) is 3. The van der Waals surface area contributed by atoms with Crippen LogP contribution < -0.4 is 5.73 Å². The highest BCUT2D eigenvalue weighted by Crippen LogP contribution is 2.18. The number of ether oxygens (including phenoxy) is 1. The van der Waals surface area contributed by atoms with Crippen LogP contribution in [0.1, 0.15) is 6.42 Å². The molecule has 1 heterocycles. The van der Waals surface area contributed by atoms with Gasteiger partial charge in [0.2, 0.25) is 5.91 Å². The van der Waals surface area contributed by atoms with Crippen LogP contribution in [0.4, 0.5) is 0 Å². The second-order valence-electron chi connectivity index (χ2n) is 3.44. The molecule has 15 heavy (non-hydrogen) atoms. The Bertz CT molecular complexity index is 306. The van der Waals surface area contributed by atoms with E-state index in [0.29, 0.717) is 13.0 Å². The molecule has 1 rings (SSSR count). The molecule has 0 aromatic heterocycles. The third kappa shape index (κ3) is 2.44. The molecule has 6 heteroatoms. The second-order valence-corrected chi connectivity index (χ2v) is 3.44. The number of hydrogen-bond donors (Lipinski definition) is 1. The predicted molar refractivity (Wildman–Crippen MR) is 50.2 cm³/mol. The van der Waals surface area contributed by atoms with Crippen LogP contribution in [0.15, 0.2) is 0 Å². The van der Waals surface area contributed by atoms with Crippen molar-refractivity contribution in [3.05, 3.63) is 0 Å². The van der Waals surface area contributed by atoms with E-state index in [-0.39, 0.29) is 25.6 Å². The first-order valence-corrected chi connectivity index (χ1v) is 4.54. The van der Waals surface area contributed by atoms with Crippen LogP contribution in [-0.4, -0.2) is 42.6 Å². The van der Waals surface area contributed by atoms with Gasteiger partial charge in [-0.3, -0.25) is 4.79 Å². The minimum Gasteiger partial charge on any atom is -0.379 e. The largest absolute Gasteiger partial charge is 0.379 e. The van der Waals surface area contributed by atoms with E-state index in [9.17, 15) is 4.79 Å². The van der Waals surface area contributed by atoms with Crippen molar-refractivity contribution in [3.63, 3.8) is 0 Å². The summed E-state index contributed by atoms with van der Waals surface area (Å²) in [6, 6.07) is 3.66. The lowest BCUT2D eigenvalue weighted by Gasteiger charge is -2.26. The zero-order valence-electron chi connectivity index (χ0n) is 8.27.